The van der Waals surface area contributed by atoms with Crippen molar-refractivity contribution in [2.75, 3.05) is 6.61 Å². The number of aromatic nitrogens is 1. The fourth-order valence-electron chi connectivity index (χ4n) is 2.07. The van der Waals surface area contributed by atoms with Crippen molar-refractivity contribution in [2.45, 2.75) is 19.9 Å². The normalized spacial score (nSPS) is 10.8. The molecular formula is C18H19N3O4. The molecule has 0 aliphatic heterocycles. The zero-order chi connectivity index (χ0) is 18.2. The lowest BCUT2D eigenvalue weighted by Crippen LogP contribution is -2.43. The predicted molar refractivity (Wildman–Crippen MR) is 93.5 cm³/mol. The summed E-state index contributed by atoms with van der Waals surface area (Å²) in [7, 11) is 0. The minimum absolute atomic E-state index is 0.104. The van der Waals surface area contributed by atoms with E-state index in [4.69, 9.17) is 4.74 Å². The van der Waals surface area contributed by atoms with E-state index in [0.717, 1.165) is 16.5 Å². The summed E-state index contributed by atoms with van der Waals surface area (Å²) in [6.07, 6.45) is 4.45. The van der Waals surface area contributed by atoms with Gasteiger partial charge in [-0.15, -0.1) is 0 Å². The largest absolute Gasteiger partial charge is 0.452 e. The number of hydrogen-bond acceptors (Lipinski definition) is 5. The molecule has 3 amide bonds. The molecule has 2 aromatic rings. The first-order valence-corrected chi connectivity index (χ1v) is 7.74. The van der Waals surface area contributed by atoms with E-state index < -0.39 is 24.5 Å². The van der Waals surface area contributed by atoms with Gasteiger partial charge in [-0.3, -0.25) is 15.1 Å². The number of carbonyl (C=O) groups excluding carboxylic acids is 3. The number of rotatable bonds is 5. The van der Waals surface area contributed by atoms with Crippen LogP contribution in [0.1, 0.15) is 19.4 Å². The molecule has 0 fully saturated rings. The highest BCUT2D eigenvalue weighted by atomic mass is 16.5. The van der Waals surface area contributed by atoms with Gasteiger partial charge in [0.05, 0.1) is 5.52 Å². The van der Waals surface area contributed by atoms with Crippen LogP contribution in [0.15, 0.2) is 42.6 Å². The molecule has 1 aromatic carbocycles. The van der Waals surface area contributed by atoms with Crippen LogP contribution < -0.4 is 10.6 Å². The van der Waals surface area contributed by atoms with E-state index in [1.54, 1.807) is 26.1 Å². The van der Waals surface area contributed by atoms with E-state index in [0.29, 0.717) is 0 Å². The van der Waals surface area contributed by atoms with Crippen LogP contribution in [0.2, 0.25) is 0 Å². The van der Waals surface area contributed by atoms with Gasteiger partial charge in [0.15, 0.2) is 6.61 Å². The quantitative estimate of drug-likeness (QED) is 0.640. The van der Waals surface area contributed by atoms with Gasteiger partial charge in [0.2, 0.25) is 0 Å². The van der Waals surface area contributed by atoms with Crippen molar-refractivity contribution in [2.24, 2.45) is 0 Å². The molecule has 25 heavy (non-hydrogen) atoms. The molecule has 1 aromatic heterocycles. The van der Waals surface area contributed by atoms with Gasteiger partial charge in [-0.05, 0) is 26.0 Å². The van der Waals surface area contributed by atoms with Gasteiger partial charge < -0.3 is 10.1 Å². The number of pyridine rings is 1. The van der Waals surface area contributed by atoms with Gasteiger partial charge in [0, 0.05) is 29.3 Å². The Bertz CT molecular complexity index is 810. The number of para-hydroxylation sites is 1. The van der Waals surface area contributed by atoms with E-state index >= 15 is 0 Å². The van der Waals surface area contributed by atoms with Crippen molar-refractivity contribution in [3.05, 3.63) is 48.2 Å². The summed E-state index contributed by atoms with van der Waals surface area (Å²) < 4.78 is 4.81. The SMILES string of the molecule is CC(C)NC(=O)NC(=O)COC(=O)/C=C/c1cccc2cccnc12. The molecule has 0 saturated heterocycles. The lowest BCUT2D eigenvalue weighted by Gasteiger charge is -2.08. The molecule has 0 atom stereocenters. The smallest absolute Gasteiger partial charge is 0.331 e. The van der Waals surface area contributed by atoms with Gasteiger partial charge >= 0.3 is 12.0 Å². The number of nitrogens with zero attached hydrogens (tertiary/aromatic N) is 1. The second-order valence-electron chi connectivity index (χ2n) is 5.54. The Morgan fingerprint density at radius 2 is 1.96 bits per heavy atom. The molecule has 0 saturated carbocycles. The Kier molecular flexibility index (Phi) is 6.22. The van der Waals surface area contributed by atoms with E-state index in [1.807, 2.05) is 30.3 Å². The number of amides is 3. The number of hydrogen-bond donors (Lipinski definition) is 2. The predicted octanol–water partition coefficient (Wildman–Crippen LogP) is 2.03. The molecule has 1 heterocycles. The molecule has 7 nitrogen and oxygen atoms in total. The third kappa shape index (κ3) is 5.72. The number of ether oxygens (including phenoxy) is 1. The second-order valence-corrected chi connectivity index (χ2v) is 5.54. The van der Waals surface area contributed by atoms with Gasteiger partial charge in [0.1, 0.15) is 0 Å². The van der Waals surface area contributed by atoms with E-state index in [9.17, 15) is 14.4 Å². The van der Waals surface area contributed by atoms with Gasteiger partial charge in [-0.1, -0.05) is 24.3 Å². The topological polar surface area (TPSA) is 97.4 Å². The molecule has 2 N–H and O–H groups in total. The molecule has 0 aliphatic carbocycles. The summed E-state index contributed by atoms with van der Waals surface area (Å²) in [5.74, 6) is -1.39. The second kappa shape index (κ2) is 8.58. The molecule has 0 aliphatic rings. The Balaban J connectivity index is 1.88. The molecule has 0 unspecified atom stereocenters. The Labute approximate surface area is 145 Å². The molecule has 0 radical (unpaired) electrons. The average Bonchev–Trinajstić information content (AvgIpc) is 2.57. The fraction of sp³-hybridized carbons (Fsp3) is 0.222. The summed E-state index contributed by atoms with van der Waals surface area (Å²) in [5.41, 5.74) is 1.52. The standard InChI is InChI=1S/C18H19N3O4/c1-12(2)20-18(24)21-15(22)11-25-16(23)9-8-14-6-3-5-13-7-4-10-19-17(13)14/h3-10,12H,11H2,1-2H3,(H2,20,21,22,24)/b9-8+. The zero-order valence-corrected chi connectivity index (χ0v) is 14.0. The minimum Gasteiger partial charge on any atom is -0.452 e. The van der Waals surface area contributed by atoms with Crippen molar-refractivity contribution in [3.8, 4) is 0 Å². The number of carbonyl (C=O) groups is 3. The van der Waals surface area contributed by atoms with Crippen LogP contribution >= 0.6 is 0 Å². The van der Waals surface area contributed by atoms with Crippen LogP contribution in [0.25, 0.3) is 17.0 Å². The van der Waals surface area contributed by atoms with E-state index in [-0.39, 0.29) is 6.04 Å². The maximum Gasteiger partial charge on any atom is 0.331 e. The average molecular weight is 341 g/mol. The number of urea groups is 1. The highest BCUT2D eigenvalue weighted by Crippen LogP contribution is 2.17. The first kappa shape index (κ1) is 18.1. The molecular weight excluding hydrogens is 322 g/mol. The summed E-state index contributed by atoms with van der Waals surface area (Å²) in [4.78, 5) is 38.8. The summed E-state index contributed by atoms with van der Waals surface area (Å²) in [5, 5.41) is 5.51. The molecule has 0 bridgehead atoms. The van der Waals surface area contributed by atoms with Crippen molar-refractivity contribution in [3.63, 3.8) is 0 Å². The summed E-state index contributed by atoms with van der Waals surface area (Å²) in [6, 6.07) is 8.62. The monoisotopic (exact) mass is 341 g/mol. The number of benzene rings is 1. The van der Waals surface area contributed by atoms with Crippen molar-refractivity contribution < 1.29 is 19.1 Å². The van der Waals surface area contributed by atoms with Gasteiger partial charge in [-0.2, -0.15) is 0 Å². The van der Waals surface area contributed by atoms with Crippen LogP contribution in [0.5, 0.6) is 0 Å². The number of fused-ring (bicyclic) bond motifs is 1. The van der Waals surface area contributed by atoms with E-state index in [1.165, 1.54) is 6.08 Å². The van der Waals surface area contributed by atoms with Crippen LogP contribution in [0.3, 0.4) is 0 Å². The Morgan fingerprint density at radius 3 is 2.72 bits per heavy atom. The van der Waals surface area contributed by atoms with Crippen LogP contribution in [0.4, 0.5) is 4.79 Å². The highest BCUT2D eigenvalue weighted by Gasteiger charge is 2.10. The lowest BCUT2D eigenvalue weighted by atomic mass is 10.1. The maximum absolute atomic E-state index is 11.7. The molecule has 2 rings (SSSR count). The summed E-state index contributed by atoms with van der Waals surface area (Å²) >= 11 is 0. The molecule has 130 valence electrons. The molecule has 7 heteroatoms. The third-order valence-corrected chi connectivity index (χ3v) is 3.08. The first-order valence-electron chi connectivity index (χ1n) is 7.74. The number of nitrogens with one attached hydrogen (secondary N) is 2. The zero-order valence-electron chi connectivity index (χ0n) is 14.0. The maximum atomic E-state index is 11.7. The van der Waals surface area contributed by atoms with Crippen LogP contribution in [-0.2, 0) is 14.3 Å². The highest BCUT2D eigenvalue weighted by molar-refractivity contribution is 5.97. The Hall–Kier alpha value is -3.22. The van der Waals surface area contributed by atoms with Crippen molar-refractivity contribution in [1.82, 2.24) is 15.6 Å². The number of esters is 1. The lowest BCUT2D eigenvalue weighted by molar-refractivity contribution is -0.143. The van der Waals surface area contributed by atoms with Gasteiger partial charge in [0.25, 0.3) is 5.91 Å². The van der Waals surface area contributed by atoms with Crippen molar-refractivity contribution >= 4 is 34.9 Å². The van der Waals surface area contributed by atoms with Crippen LogP contribution in [-0.4, -0.2) is 35.5 Å². The molecule has 0 spiro atoms. The number of imide groups is 1. The Morgan fingerprint density at radius 1 is 1.20 bits per heavy atom. The van der Waals surface area contributed by atoms with Crippen LogP contribution in [0, 0.1) is 0 Å². The third-order valence-electron chi connectivity index (χ3n) is 3.08. The first-order chi connectivity index (χ1) is 12.0. The van der Waals surface area contributed by atoms with Gasteiger partial charge in [-0.25, -0.2) is 9.59 Å². The minimum atomic E-state index is -0.702. The van der Waals surface area contributed by atoms with E-state index in [2.05, 4.69) is 15.6 Å². The fourth-order valence-corrected chi connectivity index (χ4v) is 2.07. The summed E-state index contributed by atoms with van der Waals surface area (Å²) in [6.45, 7) is 2.98. The van der Waals surface area contributed by atoms with Crippen molar-refractivity contribution in [1.29, 1.82) is 0 Å².